The van der Waals surface area contributed by atoms with Crippen molar-refractivity contribution in [2.75, 3.05) is 5.75 Å². The predicted octanol–water partition coefficient (Wildman–Crippen LogP) is 1.11. The molecular formula is C12H13NO3S. The van der Waals surface area contributed by atoms with E-state index in [1.165, 1.54) is 6.07 Å². The van der Waals surface area contributed by atoms with Gasteiger partial charge in [-0.25, -0.2) is 0 Å². The fourth-order valence-corrected chi connectivity index (χ4v) is 1.59. The molecule has 2 N–H and O–H groups in total. The number of nitriles is 1. The van der Waals surface area contributed by atoms with Crippen LogP contribution < -0.4 is 0 Å². The summed E-state index contributed by atoms with van der Waals surface area (Å²) in [7, 11) is 0. The van der Waals surface area contributed by atoms with Gasteiger partial charge in [0.2, 0.25) is 0 Å². The molecule has 5 heteroatoms. The molecule has 0 spiro atoms. The number of Topliss-reactive ketones (excluding diaryl/α,β-unsaturated/α-hetero) is 1. The molecule has 0 fully saturated rings. The average Bonchev–Trinajstić information content (AvgIpc) is 2.37. The van der Waals surface area contributed by atoms with Crippen molar-refractivity contribution in [3.8, 4) is 6.07 Å². The number of hydrogen-bond donors (Lipinski definition) is 3. The fraction of sp³-hybridized carbons (Fsp3) is 0.333. The van der Waals surface area contributed by atoms with Crippen molar-refractivity contribution in [1.82, 2.24) is 0 Å². The number of aliphatic hydroxyl groups excluding tert-OH is 2. The van der Waals surface area contributed by atoms with Crippen LogP contribution in [0.1, 0.15) is 28.4 Å². The Hall–Kier alpha value is -1.35. The molecule has 0 saturated heterocycles. The Bertz CT molecular complexity index is 442. The van der Waals surface area contributed by atoms with E-state index >= 15 is 0 Å². The van der Waals surface area contributed by atoms with Gasteiger partial charge in [-0.1, -0.05) is 18.2 Å². The average molecular weight is 251 g/mol. The number of nitrogens with zero attached hydrogens (tertiary/aromatic N) is 1. The zero-order chi connectivity index (χ0) is 12.8. The first-order valence-corrected chi connectivity index (χ1v) is 5.70. The van der Waals surface area contributed by atoms with Crippen LogP contribution in [0.3, 0.4) is 0 Å². The number of benzene rings is 1. The molecule has 4 nitrogen and oxygen atoms in total. The molecule has 17 heavy (non-hydrogen) atoms. The molecule has 90 valence electrons. The minimum Gasteiger partial charge on any atom is -0.389 e. The van der Waals surface area contributed by atoms with E-state index in [9.17, 15) is 15.0 Å². The second kappa shape index (κ2) is 6.40. The van der Waals surface area contributed by atoms with Crippen LogP contribution in [0, 0.1) is 11.3 Å². The summed E-state index contributed by atoms with van der Waals surface area (Å²) < 4.78 is 0. The first kappa shape index (κ1) is 13.7. The second-order valence-electron chi connectivity index (χ2n) is 3.58. The summed E-state index contributed by atoms with van der Waals surface area (Å²) in [6.07, 6.45) is -2.27. The van der Waals surface area contributed by atoms with Gasteiger partial charge >= 0.3 is 0 Å². The number of hydrogen-bond acceptors (Lipinski definition) is 5. The van der Waals surface area contributed by atoms with E-state index < -0.39 is 12.2 Å². The van der Waals surface area contributed by atoms with E-state index in [1.807, 2.05) is 0 Å². The third-order valence-electron chi connectivity index (χ3n) is 2.34. The largest absolute Gasteiger partial charge is 0.389 e. The Morgan fingerprint density at radius 1 is 1.47 bits per heavy atom. The van der Waals surface area contributed by atoms with Gasteiger partial charge in [0.15, 0.2) is 5.78 Å². The molecular weight excluding hydrogens is 238 g/mol. The van der Waals surface area contributed by atoms with E-state index in [1.54, 1.807) is 24.3 Å². The van der Waals surface area contributed by atoms with Crippen LogP contribution >= 0.6 is 12.6 Å². The molecule has 1 aromatic rings. The van der Waals surface area contributed by atoms with Gasteiger partial charge < -0.3 is 10.2 Å². The van der Waals surface area contributed by atoms with Crippen LogP contribution in [0.2, 0.25) is 0 Å². The van der Waals surface area contributed by atoms with Gasteiger partial charge in [-0.05, 0) is 11.6 Å². The number of ketones is 1. The van der Waals surface area contributed by atoms with Crippen LogP contribution in [-0.4, -0.2) is 27.9 Å². The highest BCUT2D eigenvalue weighted by Gasteiger charge is 2.17. The van der Waals surface area contributed by atoms with Crippen molar-refractivity contribution >= 4 is 18.4 Å². The molecule has 0 heterocycles. The molecule has 0 amide bonds. The van der Waals surface area contributed by atoms with E-state index in [-0.39, 0.29) is 18.0 Å². The SMILES string of the molecule is N#CCC(=O)c1cccc(C(O)C(O)CS)c1. The summed E-state index contributed by atoms with van der Waals surface area (Å²) in [5, 5.41) is 27.6. The number of carbonyl (C=O) groups excluding carboxylic acids is 1. The van der Waals surface area contributed by atoms with Crippen LogP contribution in [0.15, 0.2) is 24.3 Å². The van der Waals surface area contributed by atoms with Gasteiger partial charge in [-0.2, -0.15) is 17.9 Å². The van der Waals surface area contributed by atoms with Crippen molar-refractivity contribution in [2.45, 2.75) is 18.6 Å². The quantitative estimate of drug-likeness (QED) is 0.541. The molecule has 0 aliphatic rings. The summed E-state index contributed by atoms with van der Waals surface area (Å²) in [5.74, 6) is -0.181. The number of thiol groups is 1. The van der Waals surface area contributed by atoms with E-state index in [0.717, 1.165) is 0 Å². The summed E-state index contributed by atoms with van der Waals surface area (Å²) >= 11 is 3.89. The van der Waals surface area contributed by atoms with E-state index in [4.69, 9.17) is 5.26 Å². The molecule has 0 bridgehead atoms. The minimum absolute atomic E-state index is 0.123. The molecule has 0 aromatic heterocycles. The molecule has 0 saturated carbocycles. The van der Waals surface area contributed by atoms with Crippen LogP contribution in [0.25, 0.3) is 0 Å². The first-order chi connectivity index (χ1) is 8.10. The van der Waals surface area contributed by atoms with Crippen molar-refractivity contribution in [1.29, 1.82) is 5.26 Å². The Balaban J connectivity index is 2.93. The lowest BCUT2D eigenvalue weighted by Gasteiger charge is -2.16. The van der Waals surface area contributed by atoms with Crippen molar-refractivity contribution < 1.29 is 15.0 Å². The minimum atomic E-state index is -1.08. The van der Waals surface area contributed by atoms with Crippen molar-refractivity contribution in [3.05, 3.63) is 35.4 Å². The Labute approximate surface area is 105 Å². The molecule has 0 aliphatic carbocycles. The van der Waals surface area contributed by atoms with Gasteiger partial charge in [0, 0.05) is 11.3 Å². The second-order valence-corrected chi connectivity index (χ2v) is 3.94. The summed E-state index contributed by atoms with van der Waals surface area (Å²) in [6.45, 7) is 0. The number of carbonyl (C=O) groups is 1. The van der Waals surface area contributed by atoms with Gasteiger partial charge in [0.05, 0.1) is 18.6 Å². The standard InChI is InChI=1S/C12H13NO3S/c13-5-4-10(14)8-2-1-3-9(6-8)12(16)11(15)7-17/h1-3,6,11-12,15-17H,4,7H2. The normalized spacial score (nSPS) is 13.8. The molecule has 2 unspecified atom stereocenters. The maximum absolute atomic E-state index is 11.5. The third kappa shape index (κ3) is 3.56. The molecule has 0 radical (unpaired) electrons. The van der Waals surface area contributed by atoms with Gasteiger partial charge in [-0.15, -0.1) is 0 Å². The van der Waals surface area contributed by atoms with Crippen molar-refractivity contribution in [3.63, 3.8) is 0 Å². The number of aliphatic hydroxyl groups is 2. The lowest BCUT2D eigenvalue weighted by Crippen LogP contribution is -2.20. The molecule has 1 aromatic carbocycles. The van der Waals surface area contributed by atoms with E-state index in [2.05, 4.69) is 12.6 Å². The molecule has 2 atom stereocenters. The Morgan fingerprint density at radius 2 is 2.18 bits per heavy atom. The zero-order valence-electron chi connectivity index (χ0n) is 9.08. The summed E-state index contributed by atoms with van der Waals surface area (Å²) in [6, 6.07) is 8.05. The topological polar surface area (TPSA) is 81.3 Å². The first-order valence-electron chi connectivity index (χ1n) is 5.07. The maximum atomic E-state index is 11.5. The lowest BCUT2D eigenvalue weighted by atomic mass is 10.00. The lowest BCUT2D eigenvalue weighted by molar-refractivity contribution is 0.0337. The third-order valence-corrected chi connectivity index (χ3v) is 2.72. The molecule has 0 aliphatic heterocycles. The Morgan fingerprint density at radius 3 is 2.76 bits per heavy atom. The highest BCUT2D eigenvalue weighted by Crippen LogP contribution is 2.19. The van der Waals surface area contributed by atoms with Crippen LogP contribution in [0.5, 0.6) is 0 Å². The smallest absolute Gasteiger partial charge is 0.176 e. The van der Waals surface area contributed by atoms with Crippen molar-refractivity contribution in [2.24, 2.45) is 0 Å². The van der Waals surface area contributed by atoms with Gasteiger partial charge in [0.25, 0.3) is 0 Å². The van der Waals surface area contributed by atoms with Crippen LogP contribution in [0.4, 0.5) is 0 Å². The molecule has 1 rings (SSSR count). The monoisotopic (exact) mass is 251 g/mol. The summed E-state index contributed by atoms with van der Waals surface area (Å²) in [5.41, 5.74) is 0.796. The zero-order valence-corrected chi connectivity index (χ0v) is 9.97. The van der Waals surface area contributed by atoms with Gasteiger partial charge in [-0.3, -0.25) is 4.79 Å². The van der Waals surface area contributed by atoms with Crippen LogP contribution in [-0.2, 0) is 0 Å². The predicted molar refractivity (Wildman–Crippen MR) is 65.8 cm³/mol. The van der Waals surface area contributed by atoms with Gasteiger partial charge in [0.1, 0.15) is 6.10 Å². The Kier molecular flexibility index (Phi) is 5.16. The highest BCUT2D eigenvalue weighted by atomic mass is 32.1. The maximum Gasteiger partial charge on any atom is 0.176 e. The fourth-order valence-electron chi connectivity index (χ4n) is 1.39. The number of rotatable bonds is 5. The highest BCUT2D eigenvalue weighted by molar-refractivity contribution is 7.80. The van der Waals surface area contributed by atoms with E-state index in [0.29, 0.717) is 11.1 Å². The summed E-state index contributed by atoms with van der Waals surface area (Å²) in [4.78, 5) is 11.5.